The van der Waals surface area contributed by atoms with E-state index in [0.29, 0.717) is 23.6 Å². The Hall–Kier alpha value is -1.09. The van der Waals surface area contributed by atoms with Crippen LogP contribution in [-0.4, -0.2) is 19.7 Å². The number of ether oxygens (including phenoxy) is 1. The van der Waals surface area contributed by atoms with Crippen molar-refractivity contribution < 1.29 is 9.13 Å². The quantitative estimate of drug-likeness (QED) is 0.876. The molecule has 0 radical (unpaired) electrons. The van der Waals surface area contributed by atoms with Crippen molar-refractivity contribution in [1.82, 2.24) is 5.32 Å². The Morgan fingerprint density at radius 2 is 2.16 bits per heavy atom. The lowest BCUT2D eigenvalue weighted by Gasteiger charge is -2.22. The average molecular weight is 265 g/mol. The molecule has 106 valence electrons. The van der Waals surface area contributed by atoms with Crippen molar-refractivity contribution in [2.75, 3.05) is 13.7 Å². The molecule has 1 N–H and O–H groups in total. The summed E-state index contributed by atoms with van der Waals surface area (Å²) in [4.78, 5) is 0. The van der Waals surface area contributed by atoms with Gasteiger partial charge in [0.25, 0.3) is 0 Å². The Kier molecular flexibility index (Phi) is 4.81. The lowest BCUT2D eigenvalue weighted by Crippen LogP contribution is -2.30. The predicted octanol–water partition coefficient (Wildman–Crippen LogP) is 3.72. The largest absolute Gasteiger partial charge is 0.494 e. The van der Waals surface area contributed by atoms with Gasteiger partial charge in [-0.2, -0.15) is 0 Å². The van der Waals surface area contributed by atoms with Gasteiger partial charge in [-0.1, -0.05) is 26.3 Å². The van der Waals surface area contributed by atoms with Crippen LogP contribution >= 0.6 is 0 Å². The van der Waals surface area contributed by atoms with Gasteiger partial charge in [-0.3, -0.25) is 0 Å². The van der Waals surface area contributed by atoms with Crippen LogP contribution in [0.2, 0.25) is 0 Å². The van der Waals surface area contributed by atoms with E-state index in [2.05, 4.69) is 19.2 Å². The molecule has 1 saturated carbocycles. The molecule has 1 aliphatic rings. The van der Waals surface area contributed by atoms with Crippen LogP contribution in [0.5, 0.6) is 5.75 Å². The molecule has 2 rings (SSSR count). The van der Waals surface area contributed by atoms with Gasteiger partial charge in [0.2, 0.25) is 0 Å². The molecule has 0 bridgehead atoms. The summed E-state index contributed by atoms with van der Waals surface area (Å²) >= 11 is 0. The second kappa shape index (κ2) is 6.38. The van der Waals surface area contributed by atoms with Gasteiger partial charge in [0.15, 0.2) is 11.6 Å². The maximum atomic E-state index is 13.8. The van der Waals surface area contributed by atoms with Crippen LogP contribution in [0.25, 0.3) is 0 Å². The Bertz CT molecular complexity index is 419. The molecule has 0 amide bonds. The zero-order valence-corrected chi connectivity index (χ0v) is 12.1. The molecule has 1 aliphatic carbocycles. The Labute approximate surface area is 115 Å². The van der Waals surface area contributed by atoms with Gasteiger partial charge in [0.1, 0.15) is 0 Å². The molecule has 2 nitrogen and oxygen atoms in total. The van der Waals surface area contributed by atoms with Crippen molar-refractivity contribution >= 4 is 0 Å². The number of rotatable bonds is 5. The fraction of sp³-hybridized carbons (Fsp3) is 0.625. The summed E-state index contributed by atoms with van der Waals surface area (Å²) in [5.74, 6) is 1.18. The van der Waals surface area contributed by atoms with Crippen LogP contribution in [0, 0.1) is 11.7 Å². The average Bonchev–Trinajstić information content (AvgIpc) is 2.84. The van der Waals surface area contributed by atoms with E-state index in [1.54, 1.807) is 12.1 Å². The zero-order chi connectivity index (χ0) is 13.8. The first-order valence-electron chi connectivity index (χ1n) is 7.18. The van der Waals surface area contributed by atoms with Crippen LogP contribution in [0.4, 0.5) is 4.39 Å². The SMILES string of the molecule is COc1ccc(C2CCCC2CNC(C)C)cc1F. The molecule has 0 heterocycles. The standard InChI is InChI=1S/C16H24FNO/c1-11(2)18-10-13-5-4-6-14(13)12-7-8-16(19-3)15(17)9-12/h7-9,11,13-14,18H,4-6,10H2,1-3H3. The maximum absolute atomic E-state index is 13.8. The first-order chi connectivity index (χ1) is 9.11. The van der Waals surface area contributed by atoms with Crippen LogP contribution in [0.3, 0.4) is 0 Å². The van der Waals surface area contributed by atoms with Crippen molar-refractivity contribution in [3.8, 4) is 5.75 Å². The molecule has 1 aromatic carbocycles. The van der Waals surface area contributed by atoms with E-state index < -0.39 is 0 Å². The molecule has 2 unspecified atom stereocenters. The van der Waals surface area contributed by atoms with E-state index in [1.807, 2.05) is 6.07 Å². The van der Waals surface area contributed by atoms with Crippen LogP contribution in [-0.2, 0) is 0 Å². The summed E-state index contributed by atoms with van der Waals surface area (Å²) in [7, 11) is 1.50. The Balaban J connectivity index is 2.09. The van der Waals surface area contributed by atoms with E-state index >= 15 is 0 Å². The van der Waals surface area contributed by atoms with Crippen molar-refractivity contribution in [3.05, 3.63) is 29.6 Å². The first kappa shape index (κ1) is 14.3. The lowest BCUT2D eigenvalue weighted by molar-refractivity contribution is 0.384. The maximum Gasteiger partial charge on any atom is 0.165 e. The van der Waals surface area contributed by atoms with Gasteiger partial charge in [0.05, 0.1) is 7.11 Å². The third kappa shape index (κ3) is 3.47. The normalized spacial score (nSPS) is 23.0. The molecule has 19 heavy (non-hydrogen) atoms. The fourth-order valence-electron chi connectivity index (χ4n) is 3.02. The van der Waals surface area contributed by atoms with Crippen LogP contribution in [0.15, 0.2) is 18.2 Å². The highest BCUT2D eigenvalue weighted by Crippen LogP contribution is 2.40. The second-order valence-electron chi connectivity index (χ2n) is 5.75. The number of methoxy groups -OCH3 is 1. The molecule has 2 atom stereocenters. The molecule has 0 aliphatic heterocycles. The van der Waals surface area contributed by atoms with E-state index in [-0.39, 0.29) is 5.82 Å². The molecular weight excluding hydrogens is 241 g/mol. The number of nitrogens with one attached hydrogen (secondary N) is 1. The van der Waals surface area contributed by atoms with Gasteiger partial charge in [0, 0.05) is 6.04 Å². The third-order valence-electron chi connectivity index (χ3n) is 4.05. The van der Waals surface area contributed by atoms with Crippen molar-refractivity contribution in [2.45, 2.75) is 45.1 Å². The highest BCUT2D eigenvalue weighted by molar-refractivity contribution is 5.32. The minimum atomic E-state index is -0.248. The Morgan fingerprint density at radius 3 is 2.79 bits per heavy atom. The summed E-state index contributed by atoms with van der Waals surface area (Å²) in [6.07, 6.45) is 3.64. The molecule has 3 heteroatoms. The van der Waals surface area contributed by atoms with E-state index in [4.69, 9.17) is 4.74 Å². The zero-order valence-electron chi connectivity index (χ0n) is 12.1. The van der Waals surface area contributed by atoms with Crippen LogP contribution in [0.1, 0.15) is 44.6 Å². The molecule has 0 spiro atoms. The first-order valence-corrected chi connectivity index (χ1v) is 7.18. The van der Waals surface area contributed by atoms with Crippen molar-refractivity contribution in [3.63, 3.8) is 0 Å². The van der Waals surface area contributed by atoms with E-state index in [1.165, 1.54) is 20.0 Å². The van der Waals surface area contributed by atoms with E-state index in [0.717, 1.165) is 18.5 Å². The molecule has 0 aromatic heterocycles. The smallest absolute Gasteiger partial charge is 0.165 e. The van der Waals surface area contributed by atoms with Gasteiger partial charge in [-0.15, -0.1) is 0 Å². The Morgan fingerprint density at radius 1 is 1.37 bits per heavy atom. The predicted molar refractivity (Wildman–Crippen MR) is 76.2 cm³/mol. The summed E-state index contributed by atoms with van der Waals surface area (Å²) < 4.78 is 18.8. The van der Waals surface area contributed by atoms with Gasteiger partial charge < -0.3 is 10.1 Å². The number of hydrogen-bond donors (Lipinski definition) is 1. The van der Waals surface area contributed by atoms with Crippen molar-refractivity contribution in [1.29, 1.82) is 0 Å². The summed E-state index contributed by atoms with van der Waals surface area (Å²) in [6.45, 7) is 5.35. The molecule has 0 saturated heterocycles. The number of hydrogen-bond acceptors (Lipinski definition) is 2. The van der Waals surface area contributed by atoms with Crippen LogP contribution < -0.4 is 10.1 Å². The van der Waals surface area contributed by atoms with E-state index in [9.17, 15) is 4.39 Å². The minimum Gasteiger partial charge on any atom is -0.494 e. The monoisotopic (exact) mass is 265 g/mol. The highest BCUT2D eigenvalue weighted by Gasteiger charge is 2.28. The van der Waals surface area contributed by atoms with Gasteiger partial charge in [-0.05, 0) is 48.9 Å². The van der Waals surface area contributed by atoms with Gasteiger partial charge in [-0.25, -0.2) is 4.39 Å². The third-order valence-corrected chi connectivity index (χ3v) is 4.05. The topological polar surface area (TPSA) is 21.3 Å². The summed E-state index contributed by atoms with van der Waals surface area (Å²) in [6, 6.07) is 5.92. The number of halogens is 1. The summed E-state index contributed by atoms with van der Waals surface area (Å²) in [5, 5.41) is 3.51. The van der Waals surface area contributed by atoms with Gasteiger partial charge >= 0.3 is 0 Å². The summed E-state index contributed by atoms with van der Waals surface area (Å²) in [5.41, 5.74) is 1.12. The minimum absolute atomic E-state index is 0.248. The second-order valence-corrected chi connectivity index (χ2v) is 5.75. The highest BCUT2D eigenvalue weighted by atomic mass is 19.1. The number of benzene rings is 1. The fourth-order valence-corrected chi connectivity index (χ4v) is 3.02. The molecule has 1 aromatic rings. The molecule has 1 fully saturated rings. The lowest BCUT2D eigenvalue weighted by atomic mass is 9.88. The molecular formula is C16H24FNO. The van der Waals surface area contributed by atoms with Crippen molar-refractivity contribution in [2.24, 2.45) is 5.92 Å².